The van der Waals surface area contributed by atoms with Crippen LogP contribution in [0.4, 0.5) is 0 Å². The van der Waals surface area contributed by atoms with Crippen LogP contribution in [-0.2, 0) is 14.3 Å². The van der Waals surface area contributed by atoms with E-state index in [9.17, 15) is 9.59 Å². The fraction of sp³-hybridized carbons (Fsp3) is 0.750. The summed E-state index contributed by atoms with van der Waals surface area (Å²) in [7, 11) is 3.73. The quantitative estimate of drug-likeness (QED) is 0.321. The van der Waals surface area contributed by atoms with Crippen molar-refractivity contribution in [2.24, 2.45) is 0 Å². The third-order valence-electron chi connectivity index (χ3n) is 1.30. The van der Waals surface area contributed by atoms with Gasteiger partial charge in [0.2, 0.25) is 6.41 Å². The molecule has 5 nitrogen and oxygen atoms in total. The normalized spacial score (nSPS) is 9.85. The Morgan fingerprint density at radius 3 is 2.46 bits per heavy atom. The lowest BCUT2D eigenvalue weighted by atomic mass is 10.6. The highest BCUT2D eigenvalue weighted by Gasteiger charge is 2.02. The summed E-state index contributed by atoms with van der Waals surface area (Å²) in [4.78, 5) is 24.3. The maximum absolute atomic E-state index is 10.5. The molecule has 1 amide bonds. The van der Waals surface area contributed by atoms with Crippen LogP contribution in [0.15, 0.2) is 0 Å². The van der Waals surface area contributed by atoms with Crippen molar-refractivity contribution in [2.45, 2.75) is 6.92 Å². The first kappa shape index (κ1) is 11.9. The molecule has 0 bridgehead atoms. The van der Waals surface area contributed by atoms with Crippen LogP contribution >= 0.6 is 0 Å². The standard InChI is InChI=1S/C8H16N2O3/c1-8(12)13-5-4-10(7-11)6-9(2)3/h7H,4-6H2,1-3H3. The molecule has 0 spiro atoms. The number of nitrogens with zero attached hydrogens (tertiary/aromatic N) is 2. The fourth-order valence-electron chi connectivity index (χ4n) is 0.827. The zero-order valence-electron chi connectivity index (χ0n) is 8.32. The molecule has 0 aliphatic carbocycles. The maximum Gasteiger partial charge on any atom is 0.302 e. The summed E-state index contributed by atoms with van der Waals surface area (Å²) < 4.78 is 4.70. The highest BCUT2D eigenvalue weighted by atomic mass is 16.5. The minimum absolute atomic E-state index is 0.252. The van der Waals surface area contributed by atoms with E-state index >= 15 is 0 Å². The van der Waals surface area contributed by atoms with Gasteiger partial charge in [0.25, 0.3) is 0 Å². The van der Waals surface area contributed by atoms with Crippen LogP contribution in [-0.4, -0.2) is 56.1 Å². The summed E-state index contributed by atoms with van der Waals surface area (Å²) in [6, 6.07) is 0. The third-order valence-corrected chi connectivity index (χ3v) is 1.30. The summed E-state index contributed by atoms with van der Waals surface area (Å²) in [6.45, 7) is 2.56. The maximum atomic E-state index is 10.5. The van der Waals surface area contributed by atoms with E-state index in [1.807, 2.05) is 19.0 Å². The van der Waals surface area contributed by atoms with E-state index in [0.29, 0.717) is 13.2 Å². The molecule has 0 saturated carbocycles. The van der Waals surface area contributed by atoms with Crippen LogP contribution in [0.1, 0.15) is 6.92 Å². The average molecular weight is 188 g/mol. The predicted molar refractivity (Wildman–Crippen MR) is 48.0 cm³/mol. The molecule has 0 unspecified atom stereocenters. The highest BCUT2D eigenvalue weighted by molar-refractivity contribution is 5.65. The molecule has 13 heavy (non-hydrogen) atoms. The average Bonchev–Trinajstić information content (AvgIpc) is 2.01. The number of esters is 1. The van der Waals surface area contributed by atoms with E-state index in [0.717, 1.165) is 6.41 Å². The Hall–Kier alpha value is -1.10. The van der Waals surface area contributed by atoms with E-state index in [-0.39, 0.29) is 12.6 Å². The molecule has 0 aliphatic rings. The molecule has 0 rings (SSSR count). The number of carbonyl (C=O) groups is 2. The second-order valence-corrected chi connectivity index (χ2v) is 2.98. The second kappa shape index (κ2) is 6.42. The number of rotatable bonds is 6. The summed E-state index contributed by atoms with van der Waals surface area (Å²) in [5, 5.41) is 0. The molecule has 0 saturated heterocycles. The van der Waals surface area contributed by atoms with Crippen LogP contribution in [0.5, 0.6) is 0 Å². The summed E-state index contributed by atoms with van der Waals surface area (Å²) in [5.41, 5.74) is 0. The molecule has 5 heteroatoms. The number of hydrogen-bond acceptors (Lipinski definition) is 4. The van der Waals surface area contributed by atoms with E-state index in [1.165, 1.54) is 11.8 Å². The van der Waals surface area contributed by atoms with Crippen LogP contribution in [0, 0.1) is 0 Å². The van der Waals surface area contributed by atoms with Crippen LogP contribution < -0.4 is 0 Å². The Morgan fingerprint density at radius 1 is 1.46 bits per heavy atom. The van der Waals surface area contributed by atoms with Gasteiger partial charge >= 0.3 is 5.97 Å². The van der Waals surface area contributed by atoms with Gasteiger partial charge in [0.1, 0.15) is 6.61 Å². The second-order valence-electron chi connectivity index (χ2n) is 2.98. The molecular formula is C8H16N2O3. The minimum atomic E-state index is -0.323. The van der Waals surface area contributed by atoms with Crippen LogP contribution in [0.25, 0.3) is 0 Å². The van der Waals surface area contributed by atoms with Gasteiger partial charge in [0, 0.05) is 6.92 Å². The first-order valence-electron chi connectivity index (χ1n) is 4.03. The smallest absolute Gasteiger partial charge is 0.302 e. The predicted octanol–water partition coefficient (Wildman–Crippen LogP) is -0.473. The van der Waals surface area contributed by atoms with Gasteiger partial charge in [-0.3, -0.25) is 14.5 Å². The Kier molecular flexibility index (Phi) is 5.88. The fourth-order valence-corrected chi connectivity index (χ4v) is 0.827. The Bertz CT molecular complexity index is 171. The Labute approximate surface area is 78.3 Å². The van der Waals surface area contributed by atoms with Crippen molar-refractivity contribution in [3.05, 3.63) is 0 Å². The summed E-state index contributed by atoms with van der Waals surface area (Å²) >= 11 is 0. The molecule has 0 aromatic heterocycles. The topological polar surface area (TPSA) is 49.9 Å². The minimum Gasteiger partial charge on any atom is -0.464 e. The van der Waals surface area contributed by atoms with Crippen molar-refractivity contribution in [1.29, 1.82) is 0 Å². The van der Waals surface area contributed by atoms with Gasteiger partial charge in [0.05, 0.1) is 13.2 Å². The van der Waals surface area contributed by atoms with Gasteiger partial charge in [-0.25, -0.2) is 0 Å². The number of ether oxygens (including phenoxy) is 1. The van der Waals surface area contributed by atoms with Gasteiger partial charge in [-0.15, -0.1) is 0 Å². The summed E-state index contributed by atoms with van der Waals surface area (Å²) in [5.74, 6) is -0.323. The largest absolute Gasteiger partial charge is 0.464 e. The molecule has 76 valence electrons. The summed E-state index contributed by atoms with van der Waals surface area (Å²) in [6.07, 6.45) is 0.740. The van der Waals surface area contributed by atoms with Crippen molar-refractivity contribution in [1.82, 2.24) is 9.80 Å². The lowest BCUT2D eigenvalue weighted by Crippen LogP contribution is -2.35. The van der Waals surface area contributed by atoms with Crippen molar-refractivity contribution in [3.8, 4) is 0 Å². The molecule has 0 aromatic carbocycles. The van der Waals surface area contributed by atoms with E-state index < -0.39 is 0 Å². The van der Waals surface area contributed by atoms with Gasteiger partial charge < -0.3 is 9.64 Å². The van der Waals surface area contributed by atoms with Gasteiger partial charge in [0.15, 0.2) is 0 Å². The molecule has 0 fully saturated rings. The molecule has 0 N–H and O–H groups in total. The van der Waals surface area contributed by atoms with Crippen LogP contribution in [0.3, 0.4) is 0 Å². The molecule has 0 aliphatic heterocycles. The number of hydrogen-bond donors (Lipinski definition) is 0. The van der Waals surface area contributed by atoms with Crippen molar-refractivity contribution in [2.75, 3.05) is 33.9 Å². The molecule has 0 atom stereocenters. The molecule has 0 radical (unpaired) electrons. The van der Waals surface area contributed by atoms with E-state index in [4.69, 9.17) is 4.74 Å². The van der Waals surface area contributed by atoms with Gasteiger partial charge in [-0.1, -0.05) is 0 Å². The number of amides is 1. The first-order chi connectivity index (χ1) is 6.06. The lowest BCUT2D eigenvalue weighted by Gasteiger charge is -2.20. The van der Waals surface area contributed by atoms with Gasteiger partial charge in [-0.2, -0.15) is 0 Å². The van der Waals surface area contributed by atoms with Gasteiger partial charge in [-0.05, 0) is 14.1 Å². The van der Waals surface area contributed by atoms with E-state index in [1.54, 1.807) is 0 Å². The van der Waals surface area contributed by atoms with E-state index in [2.05, 4.69) is 0 Å². The zero-order chi connectivity index (χ0) is 10.3. The number of carbonyl (C=O) groups excluding carboxylic acids is 2. The van der Waals surface area contributed by atoms with Crippen molar-refractivity contribution >= 4 is 12.4 Å². The SMILES string of the molecule is CC(=O)OCCN(C=O)CN(C)C. The van der Waals surface area contributed by atoms with Crippen molar-refractivity contribution in [3.63, 3.8) is 0 Å². The monoisotopic (exact) mass is 188 g/mol. The molecular weight excluding hydrogens is 172 g/mol. The lowest BCUT2D eigenvalue weighted by molar-refractivity contribution is -0.142. The molecule has 0 heterocycles. The Morgan fingerprint density at radius 2 is 2.08 bits per heavy atom. The first-order valence-corrected chi connectivity index (χ1v) is 4.03. The third kappa shape index (κ3) is 7.27. The van der Waals surface area contributed by atoms with Crippen molar-refractivity contribution < 1.29 is 14.3 Å². The Balaban J connectivity index is 3.59. The van der Waals surface area contributed by atoms with Crippen LogP contribution in [0.2, 0.25) is 0 Å². The zero-order valence-corrected chi connectivity index (χ0v) is 8.32. The highest BCUT2D eigenvalue weighted by Crippen LogP contribution is 1.86. The molecule has 0 aromatic rings.